The van der Waals surface area contributed by atoms with Gasteiger partial charge in [0.1, 0.15) is 10.3 Å². The van der Waals surface area contributed by atoms with Crippen molar-refractivity contribution in [2.24, 2.45) is 5.73 Å². The third kappa shape index (κ3) is 1.94. The van der Waals surface area contributed by atoms with Crippen LogP contribution in [0, 0.1) is 0 Å². The molecule has 1 heterocycles. The van der Waals surface area contributed by atoms with E-state index in [0.29, 0.717) is 0 Å². The van der Waals surface area contributed by atoms with Crippen molar-refractivity contribution < 1.29 is 14.7 Å². The molecular weight excluding hydrogens is 231 g/mol. The van der Waals surface area contributed by atoms with Crippen LogP contribution in [0.1, 0.15) is 20.7 Å². The van der Waals surface area contributed by atoms with Gasteiger partial charge in [0.05, 0.1) is 11.1 Å². The Labute approximate surface area is 88.4 Å². The Morgan fingerprint density at radius 2 is 2.00 bits per heavy atom. The number of carbonyl (C=O) groups is 2. The van der Waals surface area contributed by atoms with Crippen LogP contribution >= 0.6 is 23.2 Å². The average Bonchev–Trinajstić information content (AvgIpc) is 2.01. The molecule has 1 rings (SSSR count). The Bertz CT molecular complexity index is 420. The van der Waals surface area contributed by atoms with E-state index in [1.54, 1.807) is 0 Å². The van der Waals surface area contributed by atoms with Crippen molar-refractivity contribution in [1.82, 2.24) is 4.98 Å². The summed E-state index contributed by atoms with van der Waals surface area (Å²) in [5, 5.41) is 8.28. The van der Waals surface area contributed by atoms with Gasteiger partial charge < -0.3 is 10.8 Å². The molecule has 3 N–H and O–H groups in total. The second-order valence-corrected chi connectivity index (χ2v) is 3.07. The van der Waals surface area contributed by atoms with E-state index in [9.17, 15) is 9.59 Å². The number of halogens is 2. The maximum Gasteiger partial charge on any atom is 0.336 e. The Hall–Kier alpha value is -1.33. The number of nitrogens with two attached hydrogens (primary N) is 1. The van der Waals surface area contributed by atoms with Gasteiger partial charge in [-0.25, -0.2) is 9.78 Å². The lowest BCUT2D eigenvalue weighted by molar-refractivity contribution is 0.0692. The largest absolute Gasteiger partial charge is 0.478 e. The summed E-state index contributed by atoms with van der Waals surface area (Å²) in [7, 11) is 0. The predicted octanol–water partition coefficient (Wildman–Crippen LogP) is 1.19. The molecular formula is C7H4Cl2N2O3. The molecule has 1 aromatic rings. The molecule has 0 spiro atoms. The van der Waals surface area contributed by atoms with Crippen LogP contribution in [0.2, 0.25) is 10.3 Å². The van der Waals surface area contributed by atoms with E-state index in [2.05, 4.69) is 4.98 Å². The first-order valence-electron chi connectivity index (χ1n) is 3.32. The van der Waals surface area contributed by atoms with Gasteiger partial charge in [-0.1, -0.05) is 23.2 Å². The van der Waals surface area contributed by atoms with Gasteiger partial charge in [0.25, 0.3) is 5.91 Å². The molecule has 14 heavy (non-hydrogen) atoms. The summed E-state index contributed by atoms with van der Waals surface area (Å²) in [6.45, 7) is 0. The number of pyridine rings is 1. The van der Waals surface area contributed by atoms with Crippen molar-refractivity contribution in [1.29, 1.82) is 0 Å². The fourth-order valence-electron chi connectivity index (χ4n) is 0.887. The van der Waals surface area contributed by atoms with Gasteiger partial charge in [-0.2, -0.15) is 0 Å². The molecule has 0 fully saturated rings. The second kappa shape index (κ2) is 3.81. The molecule has 0 aliphatic carbocycles. The van der Waals surface area contributed by atoms with Crippen LogP contribution in [0.5, 0.6) is 0 Å². The highest BCUT2D eigenvalue weighted by atomic mass is 35.5. The van der Waals surface area contributed by atoms with Gasteiger partial charge in [0.2, 0.25) is 0 Å². The summed E-state index contributed by atoms with van der Waals surface area (Å²) in [6.07, 6.45) is 0. The lowest BCUT2D eigenvalue weighted by Crippen LogP contribution is -2.17. The first-order chi connectivity index (χ1) is 6.43. The number of aromatic nitrogens is 1. The fourth-order valence-corrected chi connectivity index (χ4v) is 1.41. The van der Waals surface area contributed by atoms with Gasteiger partial charge >= 0.3 is 5.97 Å². The fraction of sp³-hybridized carbons (Fsp3) is 0. The number of carbonyl (C=O) groups excluding carboxylic acids is 1. The molecule has 0 saturated carbocycles. The lowest BCUT2D eigenvalue weighted by Gasteiger charge is -2.03. The summed E-state index contributed by atoms with van der Waals surface area (Å²) in [4.78, 5) is 25.0. The number of nitrogens with zero attached hydrogens (tertiary/aromatic N) is 1. The molecule has 0 radical (unpaired) electrons. The van der Waals surface area contributed by atoms with Crippen molar-refractivity contribution >= 4 is 35.1 Å². The normalized spacial score (nSPS) is 9.86. The lowest BCUT2D eigenvalue weighted by atomic mass is 10.1. The number of amides is 1. The monoisotopic (exact) mass is 234 g/mol. The number of aromatic carboxylic acids is 1. The molecule has 1 aromatic heterocycles. The Morgan fingerprint density at radius 1 is 1.43 bits per heavy atom. The van der Waals surface area contributed by atoms with Crippen LogP contribution in [-0.2, 0) is 0 Å². The van der Waals surface area contributed by atoms with Crippen molar-refractivity contribution in [2.45, 2.75) is 0 Å². The molecule has 0 aromatic carbocycles. The van der Waals surface area contributed by atoms with Gasteiger partial charge in [0, 0.05) is 0 Å². The van der Waals surface area contributed by atoms with Crippen LogP contribution in [0.4, 0.5) is 0 Å². The zero-order valence-corrected chi connectivity index (χ0v) is 8.13. The smallest absolute Gasteiger partial charge is 0.336 e. The van der Waals surface area contributed by atoms with Crippen LogP contribution in [0.25, 0.3) is 0 Å². The molecule has 5 nitrogen and oxygen atoms in total. The highest BCUT2D eigenvalue weighted by molar-refractivity contribution is 6.35. The number of carboxylic acids is 1. The van der Waals surface area contributed by atoms with Gasteiger partial charge in [-0.05, 0) is 6.07 Å². The third-order valence-corrected chi connectivity index (χ3v) is 1.89. The molecule has 0 atom stereocenters. The zero-order valence-electron chi connectivity index (χ0n) is 6.62. The van der Waals surface area contributed by atoms with Gasteiger partial charge in [-0.3, -0.25) is 4.79 Å². The van der Waals surface area contributed by atoms with Crippen molar-refractivity contribution in [2.75, 3.05) is 0 Å². The minimum Gasteiger partial charge on any atom is -0.478 e. The minimum atomic E-state index is -1.34. The first-order valence-corrected chi connectivity index (χ1v) is 4.08. The van der Waals surface area contributed by atoms with Crippen molar-refractivity contribution in [3.8, 4) is 0 Å². The maximum atomic E-state index is 10.8. The summed E-state index contributed by atoms with van der Waals surface area (Å²) < 4.78 is 0. The number of hydrogen-bond acceptors (Lipinski definition) is 3. The molecule has 0 unspecified atom stereocenters. The van der Waals surface area contributed by atoms with E-state index in [0.717, 1.165) is 6.07 Å². The minimum absolute atomic E-state index is 0.114. The molecule has 0 bridgehead atoms. The van der Waals surface area contributed by atoms with E-state index < -0.39 is 11.9 Å². The molecule has 7 heteroatoms. The van der Waals surface area contributed by atoms with E-state index in [1.165, 1.54) is 0 Å². The zero-order chi connectivity index (χ0) is 10.9. The van der Waals surface area contributed by atoms with Crippen LogP contribution in [0.3, 0.4) is 0 Å². The summed E-state index contributed by atoms with van der Waals surface area (Å²) >= 11 is 11.0. The topological polar surface area (TPSA) is 93.3 Å². The maximum absolute atomic E-state index is 10.8. The number of primary amides is 1. The molecule has 74 valence electrons. The number of rotatable bonds is 2. The Morgan fingerprint density at radius 3 is 2.43 bits per heavy atom. The summed E-state index contributed by atoms with van der Waals surface area (Å²) in [6, 6.07) is 1.01. The number of hydrogen-bond donors (Lipinski definition) is 2. The summed E-state index contributed by atoms with van der Waals surface area (Å²) in [5.41, 5.74) is 4.23. The highest BCUT2D eigenvalue weighted by Gasteiger charge is 2.20. The van der Waals surface area contributed by atoms with Gasteiger partial charge in [0.15, 0.2) is 0 Å². The quantitative estimate of drug-likeness (QED) is 0.752. The standard InChI is InChI=1S/C7H4Cl2N2O3/c8-3-1-2(7(13)14)4(6(10)12)5(9)11-3/h1H,(H2,10,12)(H,13,14). The average molecular weight is 235 g/mol. The molecule has 0 aliphatic rings. The van der Waals surface area contributed by atoms with Gasteiger partial charge in [-0.15, -0.1) is 0 Å². The highest BCUT2D eigenvalue weighted by Crippen LogP contribution is 2.21. The van der Waals surface area contributed by atoms with E-state index in [-0.39, 0.29) is 21.4 Å². The Balaban J connectivity index is 3.52. The molecule has 1 amide bonds. The SMILES string of the molecule is NC(=O)c1c(C(=O)O)cc(Cl)nc1Cl. The first kappa shape index (κ1) is 10.7. The molecule has 0 aliphatic heterocycles. The van der Waals surface area contributed by atoms with Crippen molar-refractivity contribution in [3.63, 3.8) is 0 Å². The van der Waals surface area contributed by atoms with E-state index in [4.69, 9.17) is 34.0 Å². The van der Waals surface area contributed by atoms with E-state index >= 15 is 0 Å². The Kier molecular flexibility index (Phi) is 2.93. The third-order valence-electron chi connectivity index (χ3n) is 1.42. The van der Waals surface area contributed by atoms with E-state index in [1.807, 2.05) is 0 Å². The second-order valence-electron chi connectivity index (χ2n) is 2.33. The van der Waals surface area contributed by atoms with Crippen LogP contribution < -0.4 is 5.73 Å². The molecule has 0 saturated heterocycles. The van der Waals surface area contributed by atoms with Crippen molar-refractivity contribution in [3.05, 3.63) is 27.5 Å². The van der Waals surface area contributed by atoms with Crippen LogP contribution in [-0.4, -0.2) is 22.0 Å². The summed E-state index contributed by atoms with van der Waals surface area (Å²) in [5.74, 6) is -2.30. The number of carboxylic acid groups (broad SMARTS) is 1. The predicted molar refractivity (Wildman–Crippen MR) is 49.7 cm³/mol. The van der Waals surface area contributed by atoms with Crippen LogP contribution in [0.15, 0.2) is 6.07 Å².